The second-order valence-corrected chi connectivity index (χ2v) is 12.1. The van der Waals surface area contributed by atoms with Gasteiger partial charge in [0, 0.05) is 12.8 Å². The summed E-state index contributed by atoms with van der Waals surface area (Å²) in [6, 6.07) is 30.1. The van der Waals surface area contributed by atoms with Crippen molar-refractivity contribution < 1.29 is 38.0 Å². The molecular formula is C37H46O8. The molecule has 242 valence electrons. The quantitative estimate of drug-likeness (QED) is 0.221. The minimum atomic E-state index is -0.693. The number of hydrogen-bond donors (Lipinski definition) is 0. The summed E-state index contributed by atoms with van der Waals surface area (Å²) >= 11 is 0. The minimum Gasteiger partial charge on any atom is -0.457 e. The molecule has 0 spiro atoms. The Morgan fingerprint density at radius 1 is 0.556 bits per heavy atom. The first-order valence-electron chi connectivity index (χ1n) is 15.9. The standard InChI is InChI=1S/C37H46O8/c1-24-32(39-21-29-15-9-6-10-16-29)33(40-22-30-17-11-7-12-18-30)26(3)43-37(24)45-36-34(41-23-31-19-13-8-14-20-31)25(2)42-27(4)35(36)44-28(5)38/h6-20,24-27,32-37H,21-23H2,1-5H3/t24?,25?,26?,27-,32-,33-,34-,35?,36+,37-/m0/s1. The van der Waals surface area contributed by atoms with Gasteiger partial charge in [0.1, 0.15) is 18.3 Å². The molecule has 0 aliphatic carbocycles. The number of esters is 1. The molecule has 2 heterocycles. The van der Waals surface area contributed by atoms with Crippen molar-refractivity contribution in [2.45, 2.75) is 110 Å². The van der Waals surface area contributed by atoms with E-state index in [1.54, 1.807) is 0 Å². The highest BCUT2D eigenvalue weighted by Gasteiger charge is 2.51. The molecule has 0 saturated carbocycles. The number of rotatable bonds is 12. The van der Waals surface area contributed by atoms with E-state index in [4.69, 9.17) is 33.2 Å². The van der Waals surface area contributed by atoms with E-state index in [2.05, 4.69) is 6.92 Å². The average molecular weight is 619 g/mol. The highest BCUT2D eigenvalue weighted by Crippen LogP contribution is 2.36. The maximum absolute atomic E-state index is 12.2. The summed E-state index contributed by atoms with van der Waals surface area (Å²) in [5, 5.41) is 0. The molecule has 8 heteroatoms. The summed E-state index contributed by atoms with van der Waals surface area (Å²) in [6.07, 6.45) is -4.29. The third kappa shape index (κ3) is 8.79. The van der Waals surface area contributed by atoms with Crippen molar-refractivity contribution in [1.29, 1.82) is 0 Å². The number of carbonyl (C=O) groups is 1. The van der Waals surface area contributed by atoms with E-state index < -0.39 is 36.7 Å². The predicted molar refractivity (Wildman–Crippen MR) is 169 cm³/mol. The zero-order chi connectivity index (χ0) is 31.8. The molecule has 2 saturated heterocycles. The van der Waals surface area contributed by atoms with Crippen molar-refractivity contribution in [3.8, 4) is 0 Å². The first kappa shape index (κ1) is 33.3. The zero-order valence-electron chi connectivity index (χ0n) is 26.8. The summed E-state index contributed by atoms with van der Waals surface area (Å²) in [5.74, 6) is -0.642. The van der Waals surface area contributed by atoms with Crippen LogP contribution >= 0.6 is 0 Å². The third-order valence-electron chi connectivity index (χ3n) is 8.53. The lowest BCUT2D eigenvalue weighted by Crippen LogP contribution is -2.62. The predicted octanol–water partition coefficient (Wildman–Crippen LogP) is 6.25. The van der Waals surface area contributed by atoms with Crippen LogP contribution in [0.2, 0.25) is 0 Å². The van der Waals surface area contributed by atoms with Gasteiger partial charge < -0.3 is 33.2 Å². The van der Waals surface area contributed by atoms with Gasteiger partial charge in [0.25, 0.3) is 0 Å². The molecule has 0 radical (unpaired) electrons. The molecule has 0 bridgehead atoms. The Bertz CT molecular complexity index is 1310. The Balaban J connectivity index is 1.38. The smallest absolute Gasteiger partial charge is 0.303 e. The van der Waals surface area contributed by atoms with E-state index in [-0.39, 0.29) is 30.3 Å². The number of ether oxygens (including phenoxy) is 7. The van der Waals surface area contributed by atoms with Crippen LogP contribution in [0.4, 0.5) is 0 Å². The van der Waals surface area contributed by atoms with Gasteiger partial charge in [0.05, 0.1) is 44.2 Å². The summed E-state index contributed by atoms with van der Waals surface area (Å²) in [5.41, 5.74) is 3.17. The summed E-state index contributed by atoms with van der Waals surface area (Å²) in [4.78, 5) is 12.2. The normalized spacial score (nSPS) is 31.8. The number of benzene rings is 3. The lowest BCUT2D eigenvalue weighted by atomic mass is 9.91. The molecule has 2 fully saturated rings. The Hall–Kier alpha value is -3.11. The van der Waals surface area contributed by atoms with Crippen LogP contribution in [0.3, 0.4) is 0 Å². The number of carbonyl (C=O) groups excluding carboxylic acids is 1. The average Bonchev–Trinajstić information content (AvgIpc) is 3.04. The van der Waals surface area contributed by atoms with Crippen molar-refractivity contribution in [2.75, 3.05) is 0 Å². The third-order valence-corrected chi connectivity index (χ3v) is 8.53. The highest BCUT2D eigenvalue weighted by atomic mass is 16.7. The fraction of sp³-hybridized carbons (Fsp3) is 0.486. The van der Waals surface area contributed by atoms with Crippen molar-refractivity contribution in [3.63, 3.8) is 0 Å². The Kier molecular flexibility index (Phi) is 11.8. The van der Waals surface area contributed by atoms with Crippen LogP contribution in [0.25, 0.3) is 0 Å². The maximum Gasteiger partial charge on any atom is 0.303 e. The van der Waals surface area contributed by atoms with Gasteiger partial charge in [0.15, 0.2) is 12.4 Å². The first-order chi connectivity index (χ1) is 21.8. The van der Waals surface area contributed by atoms with Crippen molar-refractivity contribution in [1.82, 2.24) is 0 Å². The molecule has 10 atom stereocenters. The van der Waals surface area contributed by atoms with Crippen molar-refractivity contribution in [2.24, 2.45) is 5.92 Å². The molecule has 4 unspecified atom stereocenters. The Morgan fingerprint density at radius 2 is 0.956 bits per heavy atom. The molecule has 2 aliphatic rings. The molecule has 3 aromatic rings. The second kappa shape index (κ2) is 15.9. The SMILES string of the molecule is CC(=O)OC1[C@H](C)OC(C)[C@H](OCc2ccccc2)[C@H]1O[C@@H]1OC(C)[C@H](OCc2ccccc2)[C@@H](OCc2ccccc2)C1C. The Morgan fingerprint density at radius 3 is 1.42 bits per heavy atom. The lowest BCUT2D eigenvalue weighted by molar-refractivity contribution is -0.335. The fourth-order valence-electron chi connectivity index (χ4n) is 6.18. The molecule has 5 rings (SSSR count). The van der Waals surface area contributed by atoms with Crippen molar-refractivity contribution >= 4 is 5.97 Å². The van der Waals surface area contributed by atoms with Crippen LogP contribution in [0, 0.1) is 5.92 Å². The van der Waals surface area contributed by atoms with Crippen LogP contribution < -0.4 is 0 Å². The van der Waals surface area contributed by atoms with E-state index in [1.165, 1.54) is 6.92 Å². The van der Waals surface area contributed by atoms with E-state index in [0.717, 1.165) is 16.7 Å². The van der Waals surface area contributed by atoms with Gasteiger partial charge in [0.2, 0.25) is 0 Å². The van der Waals surface area contributed by atoms with Crippen LogP contribution in [-0.4, -0.2) is 61.1 Å². The second-order valence-electron chi connectivity index (χ2n) is 12.1. The van der Waals surface area contributed by atoms with Crippen LogP contribution in [0.15, 0.2) is 91.0 Å². The van der Waals surface area contributed by atoms with Gasteiger partial charge in [-0.15, -0.1) is 0 Å². The molecule has 45 heavy (non-hydrogen) atoms. The summed E-state index contributed by atoms with van der Waals surface area (Å²) < 4.78 is 44.9. The fourth-order valence-corrected chi connectivity index (χ4v) is 6.18. The minimum absolute atomic E-state index is 0.230. The van der Waals surface area contributed by atoms with Gasteiger partial charge in [-0.2, -0.15) is 0 Å². The van der Waals surface area contributed by atoms with Gasteiger partial charge in [-0.25, -0.2) is 0 Å². The molecular weight excluding hydrogens is 572 g/mol. The summed E-state index contributed by atoms with van der Waals surface area (Å²) in [6.45, 7) is 10.5. The summed E-state index contributed by atoms with van der Waals surface area (Å²) in [7, 11) is 0. The molecule has 0 N–H and O–H groups in total. The Labute approximate surface area is 266 Å². The molecule has 3 aromatic carbocycles. The monoisotopic (exact) mass is 618 g/mol. The van der Waals surface area contributed by atoms with E-state index >= 15 is 0 Å². The lowest BCUT2D eigenvalue weighted by Gasteiger charge is -2.49. The maximum atomic E-state index is 12.2. The molecule has 0 amide bonds. The first-order valence-corrected chi connectivity index (χ1v) is 15.9. The van der Waals surface area contributed by atoms with Gasteiger partial charge in [-0.1, -0.05) is 97.9 Å². The topological polar surface area (TPSA) is 81.7 Å². The van der Waals surface area contributed by atoms with Crippen LogP contribution in [0.5, 0.6) is 0 Å². The van der Waals surface area contributed by atoms with E-state index in [9.17, 15) is 4.79 Å². The largest absolute Gasteiger partial charge is 0.457 e. The number of hydrogen-bond acceptors (Lipinski definition) is 8. The molecule has 0 aromatic heterocycles. The molecule has 2 aliphatic heterocycles. The van der Waals surface area contributed by atoms with Crippen LogP contribution in [0.1, 0.15) is 51.3 Å². The van der Waals surface area contributed by atoms with E-state index in [0.29, 0.717) is 19.8 Å². The molecule has 8 nitrogen and oxygen atoms in total. The van der Waals surface area contributed by atoms with E-state index in [1.807, 2.05) is 112 Å². The van der Waals surface area contributed by atoms with Crippen LogP contribution in [-0.2, 0) is 57.8 Å². The highest BCUT2D eigenvalue weighted by molar-refractivity contribution is 5.66. The van der Waals surface area contributed by atoms with Gasteiger partial charge in [-0.05, 0) is 37.5 Å². The zero-order valence-corrected chi connectivity index (χ0v) is 26.8. The van der Waals surface area contributed by atoms with Gasteiger partial charge in [-0.3, -0.25) is 4.79 Å². The van der Waals surface area contributed by atoms with Gasteiger partial charge >= 0.3 is 5.97 Å². The van der Waals surface area contributed by atoms with Crippen molar-refractivity contribution in [3.05, 3.63) is 108 Å².